The maximum Gasteiger partial charge on any atom is 0.426 e. The molecule has 0 aromatic carbocycles. The Bertz CT molecular complexity index is 346. The van der Waals surface area contributed by atoms with E-state index in [4.69, 9.17) is 17.3 Å². The molecule has 0 aliphatic carbocycles. The molecule has 0 unspecified atom stereocenters. The Morgan fingerprint density at radius 3 is 2.33 bits per heavy atom. The third kappa shape index (κ3) is 9.96. The van der Waals surface area contributed by atoms with Gasteiger partial charge in [0.15, 0.2) is 0 Å². The van der Waals surface area contributed by atoms with Gasteiger partial charge >= 0.3 is 6.18 Å². The molecule has 0 bridgehead atoms. The number of hydrogen-bond acceptors (Lipinski definition) is 1. The highest BCUT2D eigenvalue weighted by Gasteiger charge is 2.31. The van der Waals surface area contributed by atoms with Crippen LogP contribution in [0.25, 0.3) is 0 Å². The fourth-order valence-corrected chi connectivity index (χ4v) is 1.19. The number of rotatable bonds is 7. The van der Waals surface area contributed by atoms with Gasteiger partial charge < -0.3 is 5.73 Å². The van der Waals surface area contributed by atoms with E-state index in [9.17, 15) is 18.0 Å². The van der Waals surface area contributed by atoms with Crippen LogP contribution >= 0.6 is 11.6 Å². The van der Waals surface area contributed by atoms with Crippen molar-refractivity contribution in [3.05, 3.63) is 35.4 Å². The Labute approximate surface area is 109 Å². The summed E-state index contributed by atoms with van der Waals surface area (Å²) in [7, 11) is 0. The SMILES string of the molecule is NC(=O)C=CC=CCCCCC=C(Cl)C(F)(F)F. The Balaban J connectivity index is 3.67. The summed E-state index contributed by atoms with van der Waals surface area (Å²) in [5, 5.41) is -1.07. The topological polar surface area (TPSA) is 43.1 Å². The third-order valence-corrected chi connectivity index (χ3v) is 2.30. The second kappa shape index (κ2) is 8.80. The van der Waals surface area contributed by atoms with Crippen LogP contribution in [0.3, 0.4) is 0 Å². The first-order valence-corrected chi connectivity index (χ1v) is 5.77. The average Bonchev–Trinajstić information content (AvgIpc) is 2.24. The van der Waals surface area contributed by atoms with Gasteiger partial charge in [-0.1, -0.05) is 35.9 Å². The van der Waals surface area contributed by atoms with Crippen LogP contribution in [0.15, 0.2) is 35.4 Å². The fraction of sp³-hybridized carbons (Fsp3) is 0.417. The molecule has 0 saturated carbocycles. The minimum absolute atomic E-state index is 0.295. The van der Waals surface area contributed by atoms with Gasteiger partial charge in [-0.15, -0.1) is 0 Å². The lowest BCUT2D eigenvalue weighted by Crippen LogP contribution is -2.06. The summed E-state index contributed by atoms with van der Waals surface area (Å²) >= 11 is 5.04. The molecule has 18 heavy (non-hydrogen) atoms. The molecule has 0 aromatic rings. The molecule has 102 valence electrons. The quantitative estimate of drug-likeness (QED) is 0.430. The molecule has 0 atom stereocenters. The standard InChI is InChI=1S/C12H15ClF3NO/c13-10(12(14,15)16)8-6-4-2-1-3-5-7-9-11(17)18/h3,5,7-9H,1-2,4,6H2,(H2,17,18). The highest BCUT2D eigenvalue weighted by molar-refractivity contribution is 6.30. The van der Waals surface area contributed by atoms with Crippen LogP contribution in [-0.4, -0.2) is 12.1 Å². The normalized spacial score (nSPS) is 13.7. The van der Waals surface area contributed by atoms with Crippen molar-refractivity contribution < 1.29 is 18.0 Å². The molecule has 0 fully saturated rings. The zero-order chi connectivity index (χ0) is 14.0. The number of allylic oxidation sites excluding steroid dienone is 5. The first kappa shape index (κ1) is 16.8. The van der Waals surface area contributed by atoms with Crippen molar-refractivity contribution >= 4 is 17.5 Å². The number of nitrogens with two attached hydrogens (primary N) is 1. The molecule has 0 aliphatic rings. The summed E-state index contributed by atoms with van der Waals surface area (Å²) in [5.41, 5.74) is 4.87. The molecular formula is C12H15ClF3NO. The van der Waals surface area contributed by atoms with E-state index in [2.05, 4.69) is 0 Å². The number of carbonyl (C=O) groups is 1. The number of amides is 1. The van der Waals surface area contributed by atoms with Gasteiger partial charge in [-0.25, -0.2) is 0 Å². The molecule has 2 nitrogen and oxygen atoms in total. The summed E-state index contributed by atoms with van der Waals surface area (Å²) < 4.78 is 35.9. The molecule has 2 N–H and O–H groups in total. The Kier molecular flexibility index (Phi) is 8.20. The molecule has 0 radical (unpaired) electrons. The van der Waals surface area contributed by atoms with Crippen LogP contribution in [0, 0.1) is 0 Å². The monoisotopic (exact) mass is 281 g/mol. The van der Waals surface area contributed by atoms with Crippen molar-refractivity contribution in [2.75, 3.05) is 0 Å². The minimum atomic E-state index is -4.44. The fourth-order valence-electron chi connectivity index (χ4n) is 1.08. The number of primary amides is 1. The van der Waals surface area contributed by atoms with Gasteiger partial charge in [-0.05, 0) is 25.7 Å². The number of hydrogen-bond donors (Lipinski definition) is 1. The molecule has 6 heteroatoms. The highest BCUT2D eigenvalue weighted by Crippen LogP contribution is 2.29. The second-order valence-corrected chi connectivity index (χ2v) is 3.93. The summed E-state index contributed by atoms with van der Waals surface area (Å²) in [6.07, 6.45) is 5.15. The first-order chi connectivity index (χ1) is 8.34. The largest absolute Gasteiger partial charge is 0.426 e. The Hall–Kier alpha value is -1.23. The van der Waals surface area contributed by atoms with Gasteiger partial charge in [0.1, 0.15) is 5.03 Å². The maximum atomic E-state index is 12.0. The van der Waals surface area contributed by atoms with E-state index in [1.807, 2.05) is 6.08 Å². The molecule has 0 aromatic heterocycles. The van der Waals surface area contributed by atoms with Crippen molar-refractivity contribution in [3.8, 4) is 0 Å². The smallest absolute Gasteiger partial charge is 0.366 e. The molecule has 0 heterocycles. The van der Waals surface area contributed by atoms with Crippen LogP contribution in [-0.2, 0) is 4.79 Å². The van der Waals surface area contributed by atoms with E-state index in [1.165, 1.54) is 12.2 Å². The van der Waals surface area contributed by atoms with E-state index >= 15 is 0 Å². The number of alkyl halides is 3. The van der Waals surface area contributed by atoms with Crippen LogP contribution in [0.4, 0.5) is 13.2 Å². The van der Waals surface area contributed by atoms with Crippen LogP contribution in [0.5, 0.6) is 0 Å². The Morgan fingerprint density at radius 2 is 1.78 bits per heavy atom. The number of unbranched alkanes of at least 4 members (excludes halogenated alkanes) is 3. The number of halogens is 4. The summed E-state index contributed by atoms with van der Waals surface area (Å²) in [4.78, 5) is 10.3. The summed E-state index contributed by atoms with van der Waals surface area (Å²) in [6.45, 7) is 0. The maximum absolute atomic E-state index is 12.0. The predicted molar refractivity (Wildman–Crippen MR) is 65.9 cm³/mol. The van der Waals surface area contributed by atoms with Crippen molar-refractivity contribution in [1.82, 2.24) is 0 Å². The van der Waals surface area contributed by atoms with E-state index < -0.39 is 17.1 Å². The lowest BCUT2D eigenvalue weighted by molar-refractivity contribution is -0.113. The van der Waals surface area contributed by atoms with Gasteiger partial charge in [0.25, 0.3) is 0 Å². The summed E-state index contributed by atoms with van der Waals surface area (Å²) in [6, 6.07) is 0. The second-order valence-electron chi connectivity index (χ2n) is 3.52. The highest BCUT2D eigenvalue weighted by atomic mass is 35.5. The molecule has 0 rings (SSSR count). The zero-order valence-corrected chi connectivity index (χ0v) is 10.5. The van der Waals surface area contributed by atoms with Gasteiger partial charge in [-0.3, -0.25) is 4.79 Å². The van der Waals surface area contributed by atoms with Crippen molar-refractivity contribution in [2.45, 2.75) is 31.9 Å². The molecule has 0 spiro atoms. The van der Waals surface area contributed by atoms with Crippen LogP contribution in [0.2, 0.25) is 0 Å². The third-order valence-electron chi connectivity index (χ3n) is 1.93. The van der Waals surface area contributed by atoms with Gasteiger partial charge in [0, 0.05) is 6.08 Å². The van der Waals surface area contributed by atoms with Crippen LogP contribution < -0.4 is 5.73 Å². The minimum Gasteiger partial charge on any atom is -0.366 e. The molecule has 1 amide bonds. The zero-order valence-electron chi connectivity index (χ0n) is 9.71. The van der Waals surface area contributed by atoms with Gasteiger partial charge in [-0.2, -0.15) is 13.2 Å². The molecule has 0 aliphatic heterocycles. The average molecular weight is 282 g/mol. The van der Waals surface area contributed by atoms with Crippen molar-refractivity contribution in [2.24, 2.45) is 5.73 Å². The predicted octanol–water partition coefficient (Wildman–Crippen LogP) is 3.83. The Morgan fingerprint density at radius 1 is 1.17 bits per heavy atom. The van der Waals surface area contributed by atoms with E-state index in [1.54, 1.807) is 6.08 Å². The van der Waals surface area contributed by atoms with E-state index in [0.717, 1.165) is 18.9 Å². The lowest BCUT2D eigenvalue weighted by atomic mass is 10.2. The van der Waals surface area contributed by atoms with Crippen molar-refractivity contribution in [3.63, 3.8) is 0 Å². The first-order valence-electron chi connectivity index (χ1n) is 5.39. The van der Waals surface area contributed by atoms with Crippen LogP contribution in [0.1, 0.15) is 25.7 Å². The van der Waals surface area contributed by atoms with E-state index in [-0.39, 0.29) is 0 Å². The lowest BCUT2D eigenvalue weighted by Gasteiger charge is -2.03. The molecule has 0 saturated heterocycles. The van der Waals surface area contributed by atoms with Crippen molar-refractivity contribution in [1.29, 1.82) is 0 Å². The van der Waals surface area contributed by atoms with Gasteiger partial charge in [0.2, 0.25) is 5.91 Å². The molecular weight excluding hydrogens is 267 g/mol. The summed E-state index contributed by atoms with van der Waals surface area (Å²) in [5.74, 6) is -0.522. The van der Waals surface area contributed by atoms with Gasteiger partial charge in [0.05, 0.1) is 0 Å². The van der Waals surface area contributed by atoms with E-state index in [0.29, 0.717) is 12.8 Å². The number of carbonyl (C=O) groups excluding carboxylic acids is 1.